The van der Waals surface area contributed by atoms with Gasteiger partial charge >= 0.3 is 5.97 Å². The van der Waals surface area contributed by atoms with E-state index < -0.39 is 5.97 Å². The van der Waals surface area contributed by atoms with Gasteiger partial charge in [0.05, 0.1) is 14.2 Å². The quantitative estimate of drug-likeness (QED) is 0.444. The van der Waals surface area contributed by atoms with Gasteiger partial charge in [-0.15, -0.1) is 0 Å². The Balaban J connectivity index is 1.98. The van der Waals surface area contributed by atoms with Crippen LogP contribution in [0.15, 0.2) is 42.5 Å². The van der Waals surface area contributed by atoms with Crippen LogP contribution in [0, 0.1) is 0 Å². The molecule has 0 atom stereocenters. The second-order valence-electron chi connectivity index (χ2n) is 4.47. The molecule has 0 aliphatic heterocycles. The number of aldehydes is 1. The summed E-state index contributed by atoms with van der Waals surface area (Å²) < 4.78 is 20.7. The molecule has 0 spiro atoms. The van der Waals surface area contributed by atoms with Gasteiger partial charge in [0.15, 0.2) is 18.1 Å². The van der Waals surface area contributed by atoms with E-state index in [1.165, 1.54) is 25.3 Å². The third kappa shape index (κ3) is 4.47. The highest BCUT2D eigenvalue weighted by Crippen LogP contribution is 2.27. The molecule has 120 valence electrons. The van der Waals surface area contributed by atoms with E-state index in [0.29, 0.717) is 29.1 Å². The van der Waals surface area contributed by atoms with Gasteiger partial charge in [-0.1, -0.05) is 6.07 Å². The van der Waals surface area contributed by atoms with Crippen molar-refractivity contribution in [2.45, 2.75) is 0 Å². The topological polar surface area (TPSA) is 71.1 Å². The number of carbonyl (C=O) groups is 2. The highest BCUT2D eigenvalue weighted by atomic mass is 16.6. The van der Waals surface area contributed by atoms with Crippen LogP contribution in [-0.4, -0.2) is 33.1 Å². The van der Waals surface area contributed by atoms with Crippen LogP contribution in [0.4, 0.5) is 0 Å². The molecule has 6 nitrogen and oxygen atoms in total. The molecule has 0 aromatic heterocycles. The van der Waals surface area contributed by atoms with Gasteiger partial charge in [0, 0.05) is 11.6 Å². The molecule has 0 N–H and O–H groups in total. The minimum Gasteiger partial charge on any atom is -0.497 e. The molecule has 2 aromatic carbocycles. The van der Waals surface area contributed by atoms with Gasteiger partial charge in [-0.05, 0) is 30.3 Å². The molecule has 0 saturated heterocycles. The zero-order valence-corrected chi connectivity index (χ0v) is 12.8. The zero-order valence-electron chi connectivity index (χ0n) is 12.8. The van der Waals surface area contributed by atoms with Crippen LogP contribution >= 0.6 is 0 Å². The molecule has 0 saturated carbocycles. The van der Waals surface area contributed by atoms with Crippen LogP contribution in [0.3, 0.4) is 0 Å². The Labute approximate surface area is 133 Å². The Morgan fingerprint density at radius 3 is 2.48 bits per heavy atom. The number of benzene rings is 2. The second kappa shape index (κ2) is 7.84. The Morgan fingerprint density at radius 2 is 1.78 bits per heavy atom. The van der Waals surface area contributed by atoms with Crippen molar-refractivity contribution in [2.75, 3.05) is 20.8 Å². The summed E-state index contributed by atoms with van der Waals surface area (Å²) in [6.45, 7) is -0.272. The largest absolute Gasteiger partial charge is 0.497 e. The summed E-state index contributed by atoms with van der Waals surface area (Å²) in [6.07, 6.45) is 0.681. The minimum absolute atomic E-state index is 0.220. The maximum Gasteiger partial charge on any atom is 0.349 e. The lowest BCUT2D eigenvalue weighted by Crippen LogP contribution is -2.18. The second-order valence-corrected chi connectivity index (χ2v) is 4.47. The van der Waals surface area contributed by atoms with Crippen LogP contribution in [-0.2, 0) is 4.79 Å². The highest BCUT2D eigenvalue weighted by Gasteiger charge is 2.12. The fourth-order valence-corrected chi connectivity index (χ4v) is 1.83. The van der Waals surface area contributed by atoms with Crippen LogP contribution < -0.4 is 18.9 Å². The molecule has 0 fully saturated rings. The van der Waals surface area contributed by atoms with Crippen LogP contribution in [0.25, 0.3) is 0 Å². The van der Waals surface area contributed by atoms with Crippen molar-refractivity contribution < 1.29 is 28.5 Å². The van der Waals surface area contributed by atoms with Crippen molar-refractivity contribution in [3.8, 4) is 23.0 Å². The van der Waals surface area contributed by atoms with Gasteiger partial charge in [0.1, 0.15) is 17.8 Å². The predicted molar refractivity (Wildman–Crippen MR) is 82.5 cm³/mol. The first-order valence-corrected chi connectivity index (χ1v) is 6.77. The van der Waals surface area contributed by atoms with Gasteiger partial charge in [0.25, 0.3) is 0 Å². The summed E-state index contributed by atoms with van der Waals surface area (Å²) >= 11 is 0. The fraction of sp³-hybridized carbons (Fsp3) is 0.176. The molecule has 23 heavy (non-hydrogen) atoms. The number of hydrogen-bond donors (Lipinski definition) is 0. The number of carbonyl (C=O) groups excluding carboxylic acids is 2. The van der Waals surface area contributed by atoms with E-state index in [9.17, 15) is 9.59 Å². The molecule has 0 bridgehead atoms. The summed E-state index contributed by atoms with van der Waals surface area (Å²) in [7, 11) is 2.97. The van der Waals surface area contributed by atoms with Gasteiger partial charge in [0.2, 0.25) is 0 Å². The van der Waals surface area contributed by atoms with Crippen molar-refractivity contribution in [3.05, 3.63) is 48.0 Å². The van der Waals surface area contributed by atoms with E-state index in [2.05, 4.69) is 0 Å². The smallest absolute Gasteiger partial charge is 0.349 e. The summed E-state index contributed by atoms with van der Waals surface area (Å²) in [5, 5.41) is 0. The van der Waals surface area contributed by atoms with E-state index in [-0.39, 0.29) is 12.4 Å². The minimum atomic E-state index is -0.593. The molecule has 0 heterocycles. The number of esters is 1. The molecule has 0 amide bonds. The lowest BCUT2D eigenvalue weighted by Gasteiger charge is -2.10. The first-order valence-electron chi connectivity index (χ1n) is 6.77. The Kier molecular flexibility index (Phi) is 5.57. The maximum atomic E-state index is 11.9. The third-order valence-electron chi connectivity index (χ3n) is 2.95. The molecule has 2 rings (SSSR count). The van der Waals surface area contributed by atoms with E-state index >= 15 is 0 Å². The summed E-state index contributed by atoms with van der Waals surface area (Å²) in [5.74, 6) is 1.04. The van der Waals surface area contributed by atoms with Gasteiger partial charge in [-0.25, -0.2) is 4.79 Å². The monoisotopic (exact) mass is 316 g/mol. The molecule has 0 unspecified atom stereocenters. The van der Waals surface area contributed by atoms with E-state index in [0.717, 1.165) is 0 Å². The third-order valence-corrected chi connectivity index (χ3v) is 2.95. The summed E-state index contributed by atoms with van der Waals surface area (Å²) in [5.41, 5.74) is 0.425. The first kappa shape index (κ1) is 16.4. The van der Waals surface area contributed by atoms with E-state index in [4.69, 9.17) is 18.9 Å². The molecule has 0 aliphatic rings. The lowest BCUT2D eigenvalue weighted by atomic mass is 10.2. The molecular formula is C17H16O6. The average Bonchev–Trinajstić information content (AvgIpc) is 2.60. The van der Waals surface area contributed by atoms with Crippen LogP contribution in [0.5, 0.6) is 23.0 Å². The van der Waals surface area contributed by atoms with Gasteiger partial charge in [-0.3, -0.25) is 4.79 Å². The van der Waals surface area contributed by atoms with E-state index in [1.54, 1.807) is 31.4 Å². The number of hydrogen-bond acceptors (Lipinski definition) is 6. The van der Waals surface area contributed by atoms with Crippen molar-refractivity contribution >= 4 is 12.3 Å². The molecular weight excluding hydrogens is 300 g/mol. The average molecular weight is 316 g/mol. The normalized spacial score (nSPS) is 9.83. The van der Waals surface area contributed by atoms with Crippen molar-refractivity contribution in [2.24, 2.45) is 0 Å². The van der Waals surface area contributed by atoms with E-state index in [1.807, 2.05) is 0 Å². The van der Waals surface area contributed by atoms with Crippen molar-refractivity contribution in [3.63, 3.8) is 0 Å². The number of rotatable bonds is 7. The molecule has 0 aliphatic carbocycles. The van der Waals surface area contributed by atoms with Crippen LogP contribution in [0.2, 0.25) is 0 Å². The van der Waals surface area contributed by atoms with Crippen molar-refractivity contribution in [1.82, 2.24) is 0 Å². The summed E-state index contributed by atoms with van der Waals surface area (Å²) in [4.78, 5) is 22.6. The SMILES string of the molecule is COc1cccc(OCC(=O)Oc2ccc(C=O)cc2OC)c1. The predicted octanol–water partition coefficient (Wildman–Crippen LogP) is 2.50. The number of methoxy groups -OCH3 is 2. The zero-order chi connectivity index (χ0) is 16.7. The molecule has 2 aromatic rings. The molecule has 6 heteroatoms. The maximum absolute atomic E-state index is 11.9. The Hall–Kier alpha value is -3.02. The highest BCUT2D eigenvalue weighted by molar-refractivity contribution is 5.78. The Morgan fingerprint density at radius 1 is 1.00 bits per heavy atom. The van der Waals surface area contributed by atoms with Crippen LogP contribution in [0.1, 0.15) is 10.4 Å². The lowest BCUT2D eigenvalue weighted by molar-refractivity contribution is -0.136. The summed E-state index contributed by atoms with van der Waals surface area (Å²) in [6, 6.07) is 11.4. The fourth-order valence-electron chi connectivity index (χ4n) is 1.83. The number of ether oxygens (including phenoxy) is 4. The van der Waals surface area contributed by atoms with Gasteiger partial charge in [-0.2, -0.15) is 0 Å². The Bertz CT molecular complexity index is 695. The van der Waals surface area contributed by atoms with Crippen molar-refractivity contribution in [1.29, 1.82) is 0 Å². The first-order chi connectivity index (χ1) is 11.2. The van der Waals surface area contributed by atoms with Gasteiger partial charge < -0.3 is 18.9 Å². The molecule has 0 radical (unpaired) electrons. The standard InChI is InChI=1S/C17H16O6/c1-20-13-4-3-5-14(9-13)22-11-17(19)23-15-7-6-12(10-18)8-16(15)21-2/h3-10H,11H2,1-2H3.